The summed E-state index contributed by atoms with van der Waals surface area (Å²) in [5, 5.41) is 2.86. The molecular formula is C29H27FN2O3S2. The van der Waals surface area contributed by atoms with Gasteiger partial charge >= 0.3 is 0 Å². The number of halogens is 1. The molecule has 0 fully saturated rings. The van der Waals surface area contributed by atoms with Gasteiger partial charge < -0.3 is 5.32 Å². The Morgan fingerprint density at radius 2 is 1.46 bits per heavy atom. The quantitative estimate of drug-likeness (QED) is 0.275. The van der Waals surface area contributed by atoms with E-state index < -0.39 is 10.0 Å². The van der Waals surface area contributed by atoms with E-state index in [9.17, 15) is 17.6 Å². The number of nitrogens with one attached hydrogen (secondary N) is 1. The Morgan fingerprint density at radius 3 is 2.14 bits per heavy atom. The number of sulfonamides is 1. The van der Waals surface area contributed by atoms with Gasteiger partial charge in [0.25, 0.3) is 5.91 Å². The standard InChI is InChI=1S/C29H27FN2O3S2/c1-37(34,35)32(27-9-5-6-10-28(27)36-26-7-3-2-4-8-26)21-23-11-15-24(16-12-23)29(33)31-20-19-22-13-17-25(30)18-14-22/h2-18H,19-21H2,1H3,(H,31,33). The molecule has 4 rings (SSSR count). The Morgan fingerprint density at radius 1 is 0.838 bits per heavy atom. The van der Waals surface area contributed by atoms with E-state index >= 15 is 0 Å². The maximum Gasteiger partial charge on any atom is 0.251 e. The highest BCUT2D eigenvalue weighted by Gasteiger charge is 2.21. The smallest absolute Gasteiger partial charge is 0.251 e. The minimum Gasteiger partial charge on any atom is -0.352 e. The van der Waals surface area contributed by atoms with Gasteiger partial charge in [0.1, 0.15) is 5.82 Å². The van der Waals surface area contributed by atoms with E-state index in [1.165, 1.54) is 34.5 Å². The van der Waals surface area contributed by atoms with Gasteiger partial charge in [-0.2, -0.15) is 0 Å². The molecule has 0 aromatic heterocycles. The van der Waals surface area contributed by atoms with Gasteiger partial charge in [-0.3, -0.25) is 9.10 Å². The van der Waals surface area contributed by atoms with Gasteiger partial charge in [0, 0.05) is 21.9 Å². The van der Waals surface area contributed by atoms with Gasteiger partial charge in [-0.15, -0.1) is 0 Å². The molecule has 1 N–H and O–H groups in total. The zero-order chi connectivity index (χ0) is 26.3. The van der Waals surface area contributed by atoms with Crippen molar-refractivity contribution in [1.29, 1.82) is 0 Å². The summed E-state index contributed by atoms with van der Waals surface area (Å²) >= 11 is 1.50. The second-order valence-corrected chi connectivity index (χ2v) is 11.5. The summed E-state index contributed by atoms with van der Waals surface area (Å²) in [6.45, 7) is 0.557. The molecule has 0 aliphatic heterocycles. The first-order chi connectivity index (χ1) is 17.8. The van der Waals surface area contributed by atoms with Crippen LogP contribution in [0.2, 0.25) is 0 Å². The molecule has 1 amide bonds. The topological polar surface area (TPSA) is 66.5 Å². The van der Waals surface area contributed by atoms with E-state index in [1.807, 2.05) is 48.5 Å². The van der Waals surface area contributed by atoms with E-state index in [0.29, 0.717) is 24.2 Å². The van der Waals surface area contributed by atoms with Crippen LogP contribution < -0.4 is 9.62 Å². The fourth-order valence-corrected chi connectivity index (χ4v) is 5.68. The number of hydrogen-bond acceptors (Lipinski definition) is 4. The van der Waals surface area contributed by atoms with Crippen molar-refractivity contribution < 1.29 is 17.6 Å². The van der Waals surface area contributed by atoms with E-state index in [1.54, 1.807) is 42.5 Å². The molecule has 0 saturated carbocycles. The normalized spacial score (nSPS) is 11.2. The first kappa shape index (κ1) is 26.4. The first-order valence-electron chi connectivity index (χ1n) is 11.7. The third-order valence-electron chi connectivity index (χ3n) is 5.66. The van der Waals surface area contributed by atoms with Gasteiger partial charge in [-0.05, 0) is 66.1 Å². The maximum atomic E-state index is 13.0. The summed E-state index contributed by atoms with van der Waals surface area (Å²) in [7, 11) is -3.58. The summed E-state index contributed by atoms with van der Waals surface area (Å²) < 4.78 is 40.0. The number of carbonyl (C=O) groups is 1. The van der Waals surface area contributed by atoms with E-state index in [0.717, 1.165) is 20.9 Å². The molecule has 4 aromatic rings. The zero-order valence-corrected chi connectivity index (χ0v) is 21.9. The van der Waals surface area contributed by atoms with Crippen LogP contribution in [0.1, 0.15) is 21.5 Å². The van der Waals surface area contributed by atoms with Crippen molar-refractivity contribution >= 4 is 33.4 Å². The van der Waals surface area contributed by atoms with Crippen molar-refractivity contribution in [3.05, 3.63) is 126 Å². The Labute approximate surface area is 221 Å². The number of rotatable bonds is 10. The Bertz CT molecular complexity index is 1440. The molecule has 0 saturated heterocycles. The summed E-state index contributed by atoms with van der Waals surface area (Å²) in [5.41, 5.74) is 2.77. The van der Waals surface area contributed by atoms with Crippen molar-refractivity contribution in [2.24, 2.45) is 0 Å². The van der Waals surface area contributed by atoms with Crippen LogP contribution in [0.3, 0.4) is 0 Å². The van der Waals surface area contributed by atoms with Crippen LogP contribution in [-0.4, -0.2) is 27.1 Å². The number of benzene rings is 4. The van der Waals surface area contributed by atoms with Gasteiger partial charge in [-0.25, -0.2) is 12.8 Å². The van der Waals surface area contributed by atoms with Crippen LogP contribution in [0.15, 0.2) is 113 Å². The van der Waals surface area contributed by atoms with Gasteiger partial charge in [-0.1, -0.05) is 66.4 Å². The lowest BCUT2D eigenvalue weighted by atomic mass is 10.1. The summed E-state index contributed by atoms with van der Waals surface area (Å²) in [4.78, 5) is 14.4. The number of anilines is 1. The lowest BCUT2D eigenvalue weighted by Gasteiger charge is -2.25. The monoisotopic (exact) mass is 534 g/mol. The Balaban J connectivity index is 1.45. The average Bonchev–Trinajstić information content (AvgIpc) is 2.89. The van der Waals surface area contributed by atoms with Crippen LogP contribution in [0.25, 0.3) is 0 Å². The lowest BCUT2D eigenvalue weighted by Crippen LogP contribution is -2.30. The molecule has 5 nitrogen and oxygen atoms in total. The fourth-order valence-electron chi connectivity index (χ4n) is 3.75. The van der Waals surface area contributed by atoms with E-state index in [4.69, 9.17) is 0 Å². The highest BCUT2D eigenvalue weighted by Crippen LogP contribution is 2.36. The molecule has 0 heterocycles. The molecule has 0 unspecified atom stereocenters. The molecule has 0 aliphatic carbocycles. The SMILES string of the molecule is CS(=O)(=O)N(Cc1ccc(C(=O)NCCc2ccc(F)cc2)cc1)c1ccccc1Sc1ccccc1. The highest BCUT2D eigenvalue weighted by atomic mass is 32.2. The number of para-hydroxylation sites is 1. The molecule has 0 atom stereocenters. The number of nitrogens with zero attached hydrogens (tertiary/aromatic N) is 1. The van der Waals surface area contributed by atoms with Crippen LogP contribution in [0, 0.1) is 5.82 Å². The fraction of sp³-hybridized carbons (Fsp3) is 0.138. The third kappa shape index (κ3) is 7.44. The molecule has 8 heteroatoms. The average molecular weight is 535 g/mol. The lowest BCUT2D eigenvalue weighted by molar-refractivity contribution is 0.0954. The molecular weight excluding hydrogens is 507 g/mol. The number of carbonyl (C=O) groups excluding carboxylic acids is 1. The number of amides is 1. The minimum absolute atomic E-state index is 0.137. The molecule has 4 aromatic carbocycles. The molecule has 0 aliphatic rings. The van der Waals surface area contributed by atoms with Crippen molar-refractivity contribution in [3.8, 4) is 0 Å². The van der Waals surface area contributed by atoms with Gasteiger partial charge in [0.2, 0.25) is 10.0 Å². The van der Waals surface area contributed by atoms with Gasteiger partial charge in [0.05, 0.1) is 18.5 Å². The molecule has 190 valence electrons. The van der Waals surface area contributed by atoms with Crippen molar-refractivity contribution in [1.82, 2.24) is 5.32 Å². The van der Waals surface area contributed by atoms with Crippen molar-refractivity contribution in [3.63, 3.8) is 0 Å². The predicted octanol–water partition coefficient (Wildman–Crippen LogP) is 5.92. The molecule has 0 bridgehead atoms. The zero-order valence-electron chi connectivity index (χ0n) is 20.3. The van der Waals surface area contributed by atoms with Crippen LogP contribution in [-0.2, 0) is 23.0 Å². The first-order valence-corrected chi connectivity index (χ1v) is 14.4. The highest BCUT2D eigenvalue weighted by molar-refractivity contribution is 7.99. The molecule has 0 spiro atoms. The summed E-state index contributed by atoms with van der Waals surface area (Å²) in [5.74, 6) is -0.515. The largest absolute Gasteiger partial charge is 0.352 e. The summed E-state index contributed by atoms with van der Waals surface area (Å²) in [6, 6.07) is 30.3. The second-order valence-electron chi connectivity index (χ2n) is 8.48. The second kappa shape index (κ2) is 12.1. The van der Waals surface area contributed by atoms with Crippen LogP contribution >= 0.6 is 11.8 Å². The van der Waals surface area contributed by atoms with Crippen molar-refractivity contribution in [2.75, 3.05) is 17.1 Å². The number of hydrogen-bond donors (Lipinski definition) is 1. The van der Waals surface area contributed by atoms with Gasteiger partial charge in [0.15, 0.2) is 0 Å². The van der Waals surface area contributed by atoms with Crippen LogP contribution in [0.4, 0.5) is 10.1 Å². The van der Waals surface area contributed by atoms with E-state index in [-0.39, 0.29) is 18.3 Å². The van der Waals surface area contributed by atoms with E-state index in [2.05, 4.69) is 5.32 Å². The van der Waals surface area contributed by atoms with Crippen molar-refractivity contribution in [2.45, 2.75) is 22.8 Å². The van der Waals surface area contributed by atoms with Crippen LogP contribution in [0.5, 0.6) is 0 Å². The third-order valence-corrected chi connectivity index (χ3v) is 7.86. The minimum atomic E-state index is -3.58. The predicted molar refractivity (Wildman–Crippen MR) is 147 cm³/mol. The maximum absolute atomic E-state index is 13.0. The Kier molecular flexibility index (Phi) is 8.63. The molecule has 37 heavy (non-hydrogen) atoms. The Hall–Kier alpha value is -3.62. The molecule has 0 radical (unpaired) electrons. The summed E-state index contributed by atoms with van der Waals surface area (Å²) in [6.07, 6.45) is 1.79.